The number of hydrogen-bond donors (Lipinski definition) is 0. The van der Waals surface area contributed by atoms with Gasteiger partial charge in [0.1, 0.15) is 0 Å². The molecule has 0 aliphatic heterocycles. The first-order chi connectivity index (χ1) is 10.1. The number of aromatic nitrogens is 4. The number of thioether (sulfide) groups is 1. The molecule has 1 aromatic carbocycles. The van der Waals surface area contributed by atoms with Crippen LogP contribution in [0.1, 0.15) is 12.5 Å². The third-order valence-corrected chi connectivity index (χ3v) is 4.45. The maximum absolute atomic E-state index is 12.6. The normalized spacial score (nSPS) is 11.2. The molecule has 0 N–H and O–H groups in total. The Morgan fingerprint density at radius 3 is 2.86 bits per heavy atom. The van der Waals surface area contributed by atoms with Gasteiger partial charge < -0.3 is 0 Å². The summed E-state index contributed by atoms with van der Waals surface area (Å²) < 4.78 is 3.26. The van der Waals surface area contributed by atoms with Crippen LogP contribution in [0.3, 0.4) is 0 Å². The number of hydrogen-bond acceptors (Lipinski definition) is 4. The van der Waals surface area contributed by atoms with E-state index in [-0.39, 0.29) is 5.56 Å². The van der Waals surface area contributed by atoms with Crippen LogP contribution in [0.15, 0.2) is 40.5 Å². The molecule has 3 rings (SSSR count). The smallest absolute Gasteiger partial charge is 0.279 e. The first-order valence-corrected chi connectivity index (χ1v) is 7.84. The van der Waals surface area contributed by atoms with Crippen molar-refractivity contribution in [3.05, 3.63) is 51.5 Å². The van der Waals surface area contributed by atoms with Crippen molar-refractivity contribution >= 4 is 29.0 Å². The Morgan fingerprint density at radius 1 is 1.29 bits per heavy atom. The van der Waals surface area contributed by atoms with Crippen LogP contribution < -0.4 is 5.56 Å². The zero-order chi connectivity index (χ0) is 15.0. The van der Waals surface area contributed by atoms with Crippen LogP contribution in [-0.4, -0.2) is 24.9 Å². The molecular formula is C14H13ClN4OS. The largest absolute Gasteiger partial charge is 0.300 e. The number of rotatable bonds is 3. The number of halogens is 1. The van der Waals surface area contributed by atoms with Crippen molar-refractivity contribution in [3.63, 3.8) is 0 Å². The highest BCUT2D eigenvalue weighted by atomic mass is 35.5. The summed E-state index contributed by atoms with van der Waals surface area (Å²) in [6.07, 6.45) is 3.52. The summed E-state index contributed by atoms with van der Waals surface area (Å²) in [5.74, 6) is 0.872. The lowest BCUT2D eigenvalue weighted by molar-refractivity contribution is 0.891. The second-order valence-corrected chi connectivity index (χ2v) is 6.10. The van der Waals surface area contributed by atoms with Crippen molar-refractivity contribution in [2.24, 2.45) is 0 Å². The minimum absolute atomic E-state index is 0.210. The maximum atomic E-state index is 12.6. The van der Waals surface area contributed by atoms with Gasteiger partial charge in [0.15, 0.2) is 5.16 Å². The van der Waals surface area contributed by atoms with Gasteiger partial charge in [0, 0.05) is 17.4 Å². The number of benzene rings is 1. The first kappa shape index (κ1) is 14.2. The van der Waals surface area contributed by atoms with Crippen LogP contribution in [0.2, 0.25) is 5.02 Å². The Morgan fingerprint density at radius 2 is 2.10 bits per heavy atom. The highest BCUT2D eigenvalue weighted by Gasteiger charge is 2.13. The van der Waals surface area contributed by atoms with E-state index < -0.39 is 0 Å². The van der Waals surface area contributed by atoms with Crippen LogP contribution in [0.25, 0.3) is 11.3 Å². The molecule has 3 aromatic rings. The van der Waals surface area contributed by atoms with Gasteiger partial charge in [-0.2, -0.15) is 0 Å². The summed E-state index contributed by atoms with van der Waals surface area (Å²) >= 11 is 7.68. The molecular weight excluding hydrogens is 308 g/mol. The Balaban J connectivity index is 2.24. The van der Waals surface area contributed by atoms with Gasteiger partial charge >= 0.3 is 5.56 Å². The van der Waals surface area contributed by atoms with E-state index in [0.717, 1.165) is 22.2 Å². The molecule has 5 nitrogen and oxygen atoms in total. The predicted octanol–water partition coefficient (Wildman–Crippen LogP) is 2.95. The van der Waals surface area contributed by atoms with Gasteiger partial charge in [-0.1, -0.05) is 36.4 Å². The third kappa shape index (κ3) is 2.34. The second kappa shape index (κ2) is 5.54. The van der Waals surface area contributed by atoms with Crippen molar-refractivity contribution in [2.75, 3.05) is 5.75 Å². The summed E-state index contributed by atoms with van der Waals surface area (Å²) in [6.45, 7) is 3.92. The molecule has 21 heavy (non-hydrogen) atoms. The van der Waals surface area contributed by atoms with E-state index in [0.29, 0.717) is 10.7 Å². The van der Waals surface area contributed by atoms with Gasteiger partial charge in [-0.3, -0.25) is 13.8 Å². The van der Waals surface area contributed by atoms with E-state index in [1.807, 2.05) is 26.0 Å². The maximum Gasteiger partial charge on any atom is 0.300 e. The minimum Gasteiger partial charge on any atom is -0.279 e. The van der Waals surface area contributed by atoms with Crippen molar-refractivity contribution in [2.45, 2.75) is 19.0 Å². The molecule has 108 valence electrons. The van der Waals surface area contributed by atoms with Gasteiger partial charge in [0.25, 0.3) is 0 Å². The van der Waals surface area contributed by atoms with Crippen LogP contribution in [0, 0.1) is 6.92 Å². The SMILES string of the molecule is CCSc1nnc2c(=O)n(-c3cccc(Cl)c3C)ccn12. The van der Waals surface area contributed by atoms with Gasteiger partial charge in [-0.15, -0.1) is 10.2 Å². The fraction of sp³-hybridized carbons (Fsp3) is 0.214. The molecule has 0 saturated heterocycles. The van der Waals surface area contributed by atoms with Crippen LogP contribution in [-0.2, 0) is 0 Å². The van der Waals surface area contributed by atoms with E-state index >= 15 is 0 Å². The van der Waals surface area contributed by atoms with Crippen LogP contribution >= 0.6 is 23.4 Å². The van der Waals surface area contributed by atoms with Gasteiger partial charge in [-0.25, -0.2) is 0 Å². The van der Waals surface area contributed by atoms with E-state index in [1.165, 1.54) is 0 Å². The highest BCUT2D eigenvalue weighted by molar-refractivity contribution is 7.99. The summed E-state index contributed by atoms with van der Waals surface area (Å²) in [6, 6.07) is 5.48. The van der Waals surface area contributed by atoms with Crippen LogP contribution in [0.4, 0.5) is 0 Å². The first-order valence-electron chi connectivity index (χ1n) is 6.48. The topological polar surface area (TPSA) is 52.2 Å². The fourth-order valence-corrected chi connectivity index (χ4v) is 2.95. The lowest BCUT2D eigenvalue weighted by atomic mass is 10.2. The minimum atomic E-state index is -0.210. The molecule has 2 aromatic heterocycles. The highest BCUT2D eigenvalue weighted by Crippen LogP contribution is 2.21. The lowest BCUT2D eigenvalue weighted by Gasteiger charge is -2.10. The monoisotopic (exact) mass is 320 g/mol. The third-order valence-electron chi connectivity index (χ3n) is 3.21. The van der Waals surface area contributed by atoms with E-state index in [2.05, 4.69) is 10.2 Å². The van der Waals surface area contributed by atoms with Gasteiger partial charge in [-0.05, 0) is 30.4 Å². The average Bonchev–Trinajstić information content (AvgIpc) is 2.88. The number of fused-ring (bicyclic) bond motifs is 1. The molecule has 0 bridgehead atoms. The van der Waals surface area contributed by atoms with Crippen LogP contribution in [0.5, 0.6) is 0 Å². The number of nitrogens with zero attached hydrogens (tertiary/aromatic N) is 4. The molecule has 0 aliphatic carbocycles. The second-order valence-electron chi connectivity index (χ2n) is 4.47. The van der Waals surface area contributed by atoms with Crippen molar-refractivity contribution < 1.29 is 0 Å². The van der Waals surface area contributed by atoms with Crippen molar-refractivity contribution in [1.82, 2.24) is 19.2 Å². The molecule has 0 fully saturated rings. The molecule has 0 amide bonds. The zero-order valence-corrected chi connectivity index (χ0v) is 13.1. The summed E-state index contributed by atoms with van der Waals surface area (Å²) in [4.78, 5) is 12.6. The van der Waals surface area contributed by atoms with Gasteiger partial charge in [0.05, 0.1) is 5.69 Å². The van der Waals surface area contributed by atoms with Crippen molar-refractivity contribution in [3.8, 4) is 5.69 Å². The molecule has 0 aliphatic rings. The summed E-state index contributed by atoms with van der Waals surface area (Å²) in [5, 5.41) is 9.41. The molecule has 0 atom stereocenters. The fourth-order valence-electron chi connectivity index (χ4n) is 2.14. The molecule has 0 unspecified atom stereocenters. The lowest BCUT2D eigenvalue weighted by Crippen LogP contribution is -2.21. The average molecular weight is 321 g/mol. The predicted molar refractivity (Wildman–Crippen MR) is 84.7 cm³/mol. The van der Waals surface area contributed by atoms with E-state index in [1.54, 1.807) is 39.2 Å². The molecule has 0 saturated carbocycles. The Labute approximate surface area is 130 Å². The quantitative estimate of drug-likeness (QED) is 0.696. The molecule has 2 heterocycles. The van der Waals surface area contributed by atoms with Crippen molar-refractivity contribution in [1.29, 1.82) is 0 Å². The van der Waals surface area contributed by atoms with E-state index in [4.69, 9.17) is 11.6 Å². The molecule has 7 heteroatoms. The Bertz CT molecular complexity index is 871. The standard InChI is InChI=1S/C14H13ClN4OS/c1-3-21-14-17-16-12-13(20)18(7-8-19(12)14)11-6-4-5-10(15)9(11)2/h4-8H,3H2,1-2H3. The summed E-state index contributed by atoms with van der Waals surface area (Å²) in [5.41, 5.74) is 1.71. The summed E-state index contributed by atoms with van der Waals surface area (Å²) in [7, 11) is 0. The Kier molecular flexibility index (Phi) is 3.73. The Hall–Kier alpha value is -1.79. The molecule has 0 spiro atoms. The molecule has 0 radical (unpaired) electrons. The van der Waals surface area contributed by atoms with Gasteiger partial charge in [0.2, 0.25) is 5.65 Å². The van der Waals surface area contributed by atoms with E-state index in [9.17, 15) is 4.79 Å². The zero-order valence-electron chi connectivity index (χ0n) is 11.6.